The quantitative estimate of drug-likeness (QED) is 0.831. The van der Waals surface area contributed by atoms with Gasteiger partial charge in [-0.05, 0) is 80.7 Å². The van der Waals surface area contributed by atoms with Crippen molar-refractivity contribution in [3.63, 3.8) is 0 Å². The van der Waals surface area contributed by atoms with E-state index < -0.39 is 10.0 Å². The van der Waals surface area contributed by atoms with Gasteiger partial charge in [0.1, 0.15) is 11.5 Å². The van der Waals surface area contributed by atoms with Crippen LogP contribution in [0.3, 0.4) is 0 Å². The second kappa shape index (κ2) is 7.99. The third kappa shape index (κ3) is 5.04. The Balaban J connectivity index is 1.62. The van der Waals surface area contributed by atoms with Gasteiger partial charge in [-0.3, -0.25) is 0 Å². The van der Waals surface area contributed by atoms with E-state index in [1.165, 1.54) is 0 Å². The van der Waals surface area contributed by atoms with Gasteiger partial charge in [0.2, 0.25) is 10.0 Å². The summed E-state index contributed by atoms with van der Waals surface area (Å²) >= 11 is 0. The Morgan fingerprint density at radius 2 is 1.96 bits per heavy atom. The summed E-state index contributed by atoms with van der Waals surface area (Å²) in [5.41, 5.74) is 1.11. The molecule has 0 saturated carbocycles. The van der Waals surface area contributed by atoms with Crippen LogP contribution >= 0.6 is 0 Å². The first-order valence-electron chi connectivity index (χ1n) is 8.58. The van der Waals surface area contributed by atoms with E-state index in [0.717, 1.165) is 37.2 Å². The lowest BCUT2D eigenvalue weighted by Gasteiger charge is -2.22. The van der Waals surface area contributed by atoms with Crippen LogP contribution in [-0.2, 0) is 10.0 Å². The maximum Gasteiger partial charge on any atom is 0.240 e. The maximum absolute atomic E-state index is 12.4. The minimum Gasteiger partial charge on any atom is -0.457 e. The highest BCUT2D eigenvalue weighted by Crippen LogP contribution is 2.23. The topological polar surface area (TPSA) is 67.4 Å². The van der Waals surface area contributed by atoms with E-state index in [1.54, 1.807) is 24.3 Å². The standard InChI is InChI=1S/C19H24N2O3S/c1-15-4-2-6-18(12-15)24-17-7-9-19(10-8-17)25(22,23)21-14-16-5-3-11-20-13-16/h2,4,6-10,12,16,20-21H,3,5,11,13-14H2,1H3. The molecule has 0 spiro atoms. The molecule has 1 unspecified atom stereocenters. The third-order valence-corrected chi connectivity index (χ3v) is 5.76. The van der Waals surface area contributed by atoms with Gasteiger partial charge in [-0.1, -0.05) is 12.1 Å². The molecular weight excluding hydrogens is 336 g/mol. The smallest absolute Gasteiger partial charge is 0.240 e. The molecule has 0 amide bonds. The number of sulfonamides is 1. The van der Waals surface area contributed by atoms with Gasteiger partial charge in [0.15, 0.2) is 0 Å². The second-order valence-electron chi connectivity index (χ2n) is 6.45. The monoisotopic (exact) mass is 360 g/mol. The number of hydrogen-bond donors (Lipinski definition) is 2. The molecule has 1 fully saturated rings. The lowest BCUT2D eigenvalue weighted by Crippen LogP contribution is -2.38. The zero-order valence-electron chi connectivity index (χ0n) is 14.4. The first kappa shape index (κ1) is 17.9. The van der Waals surface area contributed by atoms with Crippen LogP contribution in [0.2, 0.25) is 0 Å². The van der Waals surface area contributed by atoms with Crippen LogP contribution in [0.5, 0.6) is 11.5 Å². The lowest BCUT2D eigenvalue weighted by molar-refractivity contribution is 0.376. The molecule has 0 aromatic heterocycles. The highest BCUT2D eigenvalue weighted by molar-refractivity contribution is 7.89. The number of rotatable bonds is 6. The van der Waals surface area contributed by atoms with Crippen molar-refractivity contribution in [3.05, 3.63) is 54.1 Å². The molecule has 134 valence electrons. The van der Waals surface area contributed by atoms with Crippen LogP contribution in [0, 0.1) is 12.8 Å². The molecule has 0 radical (unpaired) electrons. The van der Waals surface area contributed by atoms with Crippen LogP contribution in [0.1, 0.15) is 18.4 Å². The van der Waals surface area contributed by atoms with Crippen molar-refractivity contribution in [3.8, 4) is 11.5 Å². The first-order chi connectivity index (χ1) is 12.0. The van der Waals surface area contributed by atoms with E-state index in [1.807, 2.05) is 31.2 Å². The summed E-state index contributed by atoms with van der Waals surface area (Å²) < 4.78 is 33.3. The van der Waals surface area contributed by atoms with Crippen molar-refractivity contribution in [1.29, 1.82) is 0 Å². The van der Waals surface area contributed by atoms with Crippen molar-refractivity contribution >= 4 is 10.0 Å². The Bertz CT molecular complexity index is 798. The first-order valence-corrected chi connectivity index (χ1v) is 10.1. The van der Waals surface area contributed by atoms with Gasteiger partial charge in [0, 0.05) is 6.54 Å². The van der Waals surface area contributed by atoms with Crippen molar-refractivity contribution in [2.45, 2.75) is 24.7 Å². The van der Waals surface area contributed by atoms with Gasteiger partial charge in [-0.15, -0.1) is 0 Å². The Kier molecular flexibility index (Phi) is 5.73. The molecule has 1 aliphatic rings. The molecule has 6 heteroatoms. The van der Waals surface area contributed by atoms with Crippen LogP contribution < -0.4 is 14.8 Å². The molecule has 3 rings (SSSR count). The van der Waals surface area contributed by atoms with E-state index in [9.17, 15) is 8.42 Å². The minimum atomic E-state index is -3.49. The second-order valence-corrected chi connectivity index (χ2v) is 8.22. The van der Waals surface area contributed by atoms with Crippen LogP contribution in [0.4, 0.5) is 0 Å². The average Bonchev–Trinajstić information content (AvgIpc) is 2.62. The molecule has 0 aliphatic carbocycles. The van der Waals surface area contributed by atoms with Crippen molar-refractivity contribution in [1.82, 2.24) is 10.0 Å². The molecule has 1 aliphatic heterocycles. The van der Waals surface area contributed by atoms with Gasteiger partial charge < -0.3 is 10.1 Å². The van der Waals surface area contributed by atoms with Crippen molar-refractivity contribution < 1.29 is 13.2 Å². The molecule has 0 bridgehead atoms. The Labute approximate surface area is 149 Å². The number of piperidine rings is 1. The van der Waals surface area contributed by atoms with Gasteiger partial charge in [0.05, 0.1) is 4.90 Å². The zero-order valence-corrected chi connectivity index (χ0v) is 15.2. The fourth-order valence-electron chi connectivity index (χ4n) is 2.91. The van der Waals surface area contributed by atoms with Gasteiger partial charge in [-0.2, -0.15) is 0 Å². The predicted octanol–water partition coefficient (Wildman–Crippen LogP) is 3.07. The minimum absolute atomic E-state index is 0.257. The highest BCUT2D eigenvalue weighted by atomic mass is 32.2. The number of ether oxygens (including phenoxy) is 1. The summed E-state index contributed by atoms with van der Waals surface area (Å²) in [6.07, 6.45) is 2.15. The predicted molar refractivity (Wildman–Crippen MR) is 98.5 cm³/mol. The van der Waals surface area contributed by atoms with E-state index in [4.69, 9.17) is 4.74 Å². The molecule has 2 aromatic rings. The molecule has 25 heavy (non-hydrogen) atoms. The Morgan fingerprint density at radius 3 is 2.64 bits per heavy atom. The molecular formula is C19H24N2O3S. The third-order valence-electron chi connectivity index (χ3n) is 4.32. The van der Waals surface area contributed by atoms with Crippen LogP contribution in [-0.4, -0.2) is 28.1 Å². The van der Waals surface area contributed by atoms with Crippen LogP contribution in [0.25, 0.3) is 0 Å². The normalized spacial score (nSPS) is 18.0. The van der Waals surface area contributed by atoms with Crippen LogP contribution in [0.15, 0.2) is 53.4 Å². The van der Waals surface area contributed by atoms with Gasteiger partial charge >= 0.3 is 0 Å². The number of benzene rings is 2. The maximum atomic E-state index is 12.4. The molecule has 1 atom stereocenters. The summed E-state index contributed by atoms with van der Waals surface area (Å²) in [6, 6.07) is 14.2. The zero-order chi connectivity index (χ0) is 17.7. The summed E-state index contributed by atoms with van der Waals surface area (Å²) in [6.45, 7) is 4.35. The van der Waals surface area contributed by atoms with Gasteiger partial charge in [0.25, 0.3) is 0 Å². The summed E-state index contributed by atoms with van der Waals surface area (Å²) in [5.74, 6) is 1.70. The molecule has 1 heterocycles. The number of aryl methyl sites for hydroxylation is 1. The Morgan fingerprint density at radius 1 is 1.16 bits per heavy atom. The fraction of sp³-hybridized carbons (Fsp3) is 0.368. The summed E-state index contributed by atoms with van der Waals surface area (Å²) in [5, 5.41) is 3.29. The summed E-state index contributed by atoms with van der Waals surface area (Å²) in [4.78, 5) is 0.257. The van der Waals surface area contributed by atoms with E-state index in [2.05, 4.69) is 10.0 Å². The van der Waals surface area contributed by atoms with Gasteiger partial charge in [-0.25, -0.2) is 13.1 Å². The number of nitrogens with one attached hydrogen (secondary N) is 2. The SMILES string of the molecule is Cc1cccc(Oc2ccc(S(=O)(=O)NCC3CCCNC3)cc2)c1. The molecule has 5 nitrogen and oxygen atoms in total. The summed E-state index contributed by atoms with van der Waals surface area (Å²) in [7, 11) is -3.49. The molecule has 1 saturated heterocycles. The average molecular weight is 360 g/mol. The lowest BCUT2D eigenvalue weighted by atomic mass is 10.0. The molecule has 2 aromatic carbocycles. The highest BCUT2D eigenvalue weighted by Gasteiger charge is 2.18. The fourth-order valence-corrected chi connectivity index (χ4v) is 4.03. The van der Waals surface area contributed by atoms with Crippen molar-refractivity contribution in [2.75, 3.05) is 19.6 Å². The largest absolute Gasteiger partial charge is 0.457 e. The Hall–Kier alpha value is -1.89. The molecule has 2 N–H and O–H groups in total. The van der Waals surface area contributed by atoms with E-state index in [-0.39, 0.29) is 4.90 Å². The van der Waals surface area contributed by atoms with E-state index in [0.29, 0.717) is 18.2 Å². The van der Waals surface area contributed by atoms with E-state index >= 15 is 0 Å². The number of hydrogen-bond acceptors (Lipinski definition) is 4. The van der Waals surface area contributed by atoms with Crippen molar-refractivity contribution in [2.24, 2.45) is 5.92 Å².